The first-order valence-electron chi connectivity index (χ1n) is 20.1. The van der Waals surface area contributed by atoms with E-state index in [1.165, 1.54) is 6.92 Å². The molecule has 0 saturated carbocycles. The molecule has 0 amide bonds. The van der Waals surface area contributed by atoms with Crippen LogP contribution in [0.25, 0.3) is 0 Å². The molecule has 3 saturated heterocycles. The minimum Gasteiger partial charge on any atom is -0.461 e. The fraction of sp³-hybridized carbons (Fsp3) is 0.762. The quantitative estimate of drug-likeness (QED) is 0.211. The van der Waals surface area contributed by atoms with Crippen LogP contribution >= 0.6 is 0 Å². The van der Waals surface area contributed by atoms with E-state index in [0.717, 1.165) is 0 Å². The van der Waals surface area contributed by atoms with E-state index in [1.54, 1.807) is 58.2 Å². The van der Waals surface area contributed by atoms with Crippen LogP contribution in [-0.4, -0.2) is 142 Å². The van der Waals surface area contributed by atoms with Crippen LogP contribution < -0.4 is 0 Å². The first kappa shape index (κ1) is 45.7. The smallest absolute Gasteiger partial charge is 0.312 e. The van der Waals surface area contributed by atoms with E-state index in [4.69, 9.17) is 28.4 Å². The maximum Gasteiger partial charge on any atom is 0.312 e. The van der Waals surface area contributed by atoms with Crippen molar-refractivity contribution in [2.75, 3.05) is 27.2 Å². The van der Waals surface area contributed by atoms with Gasteiger partial charge in [0, 0.05) is 38.2 Å². The third-order valence-electron chi connectivity index (χ3n) is 11.8. The molecule has 2 unspecified atom stereocenters. The van der Waals surface area contributed by atoms with Crippen molar-refractivity contribution in [3.05, 3.63) is 42.7 Å². The third kappa shape index (κ3) is 10.9. The summed E-state index contributed by atoms with van der Waals surface area (Å²) in [6.45, 7) is 20.7. The predicted molar refractivity (Wildman–Crippen MR) is 208 cm³/mol. The molecule has 2 bridgehead atoms. The van der Waals surface area contributed by atoms with Gasteiger partial charge in [0.2, 0.25) is 0 Å². The Morgan fingerprint density at radius 1 is 1.07 bits per heavy atom. The summed E-state index contributed by atoms with van der Waals surface area (Å²) in [5.41, 5.74) is -2.76. The van der Waals surface area contributed by atoms with Crippen LogP contribution in [0.5, 0.6) is 0 Å². The Labute approximate surface area is 333 Å². The van der Waals surface area contributed by atoms with Crippen LogP contribution in [0.2, 0.25) is 0 Å². The average molecular weight is 790 g/mol. The zero-order chi connectivity index (χ0) is 41.7. The van der Waals surface area contributed by atoms with Gasteiger partial charge in [0.25, 0.3) is 0 Å². The highest BCUT2D eigenvalue weighted by molar-refractivity contribution is 5.75. The lowest BCUT2D eigenvalue weighted by Crippen LogP contribution is -2.65. The molecule has 316 valence electrons. The number of hydrogen-bond acceptors (Lipinski definition) is 14. The zero-order valence-corrected chi connectivity index (χ0v) is 35.3. The molecule has 3 aliphatic rings. The van der Waals surface area contributed by atoms with Crippen LogP contribution in [0.4, 0.5) is 0 Å². The van der Waals surface area contributed by atoms with Gasteiger partial charge in [-0.15, -0.1) is 6.58 Å². The lowest BCUT2D eigenvalue weighted by molar-refractivity contribution is -0.301. The monoisotopic (exact) mass is 789 g/mol. The molecule has 3 fully saturated rings. The van der Waals surface area contributed by atoms with E-state index >= 15 is 0 Å². The molecule has 4 rings (SSSR count). The average Bonchev–Trinajstić information content (AvgIpc) is 3.12. The molecular weight excluding hydrogens is 722 g/mol. The molecular formula is C42H67N3O11. The molecule has 16 atom stereocenters. The van der Waals surface area contributed by atoms with Gasteiger partial charge in [-0.1, -0.05) is 32.9 Å². The molecule has 0 aliphatic carbocycles. The normalized spacial score (nSPS) is 41.4. The van der Waals surface area contributed by atoms with Crippen LogP contribution in [0.15, 0.2) is 37.1 Å². The fourth-order valence-corrected chi connectivity index (χ4v) is 9.02. The van der Waals surface area contributed by atoms with Crippen molar-refractivity contribution in [2.45, 2.75) is 160 Å². The van der Waals surface area contributed by atoms with Gasteiger partial charge in [0.05, 0.1) is 48.0 Å². The number of cyclic esters (lactones) is 1. The predicted octanol–water partition coefficient (Wildman–Crippen LogP) is 3.70. The highest BCUT2D eigenvalue weighted by atomic mass is 16.7. The standard InChI is InChI=1S/C42H67N3O11/c1-13-31-23-45-22-24(3)21-41(9,49)37(56-40-36(52-29(8)46)32(44(11)12)19-25(4)51-40)26(5)35(55-34(47)20-30-17-15-16-18-43-30)27(6)39(48)54-33(14-2)42(10,50)38(53-31)28(45)7/h13,15-18,24-28,31-33,35-38,40,49-50H,1,14,19-23H2,2-12H3/t24-,25-,26+,27-,28-,31?,32+,33-,35+,36-,37-,38+,40-,41-,42-/m1/s1. The number of ether oxygens (including phenoxy) is 6. The Bertz CT molecular complexity index is 1470. The zero-order valence-electron chi connectivity index (χ0n) is 35.3. The number of esters is 3. The topological polar surface area (TPSA) is 166 Å². The van der Waals surface area contributed by atoms with Crippen LogP contribution in [0, 0.1) is 17.8 Å². The van der Waals surface area contributed by atoms with Crippen molar-refractivity contribution >= 4 is 17.9 Å². The second kappa shape index (κ2) is 19.2. The van der Waals surface area contributed by atoms with Crippen molar-refractivity contribution in [1.29, 1.82) is 0 Å². The summed E-state index contributed by atoms with van der Waals surface area (Å²) in [4.78, 5) is 49.0. The molecule has 14 nitrogen and oxygen atoms in total. The summed E-state index contributed by atoms with van der Waals surface area (Å²) in [6, 6.07) is 4.63. The lowest BCUT2D eigenvalue weighted by atomic mass is 9.77. The van der Waals surface area contributed by atoms with E-state index in [2.05, 4.69) is 16.5 Å². The maximum atomic E-state index is 14.3. The summed E-state index contributed by atoms with van der Waals surface area (Å²) < 4.78 is 37.9. The molecule has 0 aromatic carbocycles. The Kier molecular flexibility index (Phi) is 15.7. The molecule has 0 radical (unpaired) electrons. The third-order valence-corrected chi connectivity index (χ3v) is 11.8. The largest absolute Gasteiger partial charge is 0.461 e. The van der Waals surface area contributed by atoms with Gasteiger partial charge < -0.3 is 43.5 Å². The summed E-state index contributed by atoms with van der Waals surface area (Å²) in [6.07, 6.45) is -2.61. The van der Waals surface area contributed by atoms with Crippen LogP contribution in [-0.2, 0) is 49.2 Å². The fourth-order valence-electron chi connectivity index (χ4n) is 9.02. The minimum atomic E-state index is -1.62. The summed E-state index contributed by atoms with van der Waals surface area (Å²) in [5.74, 6) is -3.97. The van der Waals surface area contributed by atoms with Crippen molar-refractivity contribution in [3.8, 4) is 0 Å². The summed E-state index contributed by atoms with van der Waals surface area (Å²) in [7, 11) is 3.78. The van der Waals surface area contributed by atoms with Gasteiger partial charge >= 0.3 is 17.9 Å². The first-order chi connectivity index (χ1) is 26.2. The van der Waals surface area contributed by atoms with Gasteiger partial charge in [-0.3, -0.25) is 24.3 Å². The first-order valence-corrected chi connectivity index (χ1v) is 20.1. The SMILES string of the molecule is C=CC1CN2C[C@H](C)C[C@@](C)(O)[C@H](O[C@H]3O[C@H](C)C[C@H](N(C)C)[C@H]3OC(C)=O)[C@@H](C)[C@H](OC(=O)Cc3ccccn3)[C@@H](C)C(=O)O[C@H](CC)[C@@](C)(O)[C@@H](O1)[C@H]2C. The molecule has 4 heterocycles. The van der Waals surface area contributed by atoms with Gasteiger partial charge in [-0.05, 0) is 86.0 Å². The Balaban J connectivity index is 1.85. The van der Waals surface area contributed by atoms with E-state index < -0.39 is 83.9 Å². The second-order valence-electron chi connectivity index (χ2n) is 17.1. The number of rotatable bonds is 9. The lowest BCUT2D eigenvalue weighted by Gasteiger charge is -2.50. The number of morpholine rings is 1. The number of fused-ring (bicyclic) bond motifs is 2. The maximum absolute atomic E-state index is 14.3. The second-order valence-corrected chi connectivity index (χ2v) is 17.1. The van der Waals surface area contributed by atoms with E-state index in [9.17, 15) is 24.6 Å². The molecule has 1 aromatic heterocycles. The Morgan fingerprint density at radius 2 is 1.77 bits per heavy atom. The summed E-state index contributed by atoms with van der Waals surface area (Å²) in [5, 5.41) is 24.9. The number of aliphatic hydroxyl groups is 2. The van der Waals surface area contributed by atoms with Crippen molar-refractivity contribution in [1.82, 2.24) is 14.8 Å². The van der Waals surface area contributed by atoms with Gasteiger partial charge in [-0.25, -0.2) is 0 Å². The highest BCUT2D eigenvalue weighted by Gasteiger charge is 2.53. The van der Waals surface area contributed by atoms with Crippen LogP contribution in [0.1, 0.15) is 87.3 Å². The van der Waals surface area contributed by atoms with E-state index in [0.29, 0.717) is 25.2 Å². The molecule has 56 heavy (non-hydrogen) atoms. The summed E-state index contributed by atoms with van der Waals surface area (Å²) >= 11 is 0. The van der Waals surface area contributed by atoms with Crippen LogP contribution in [0.3, 0.4) is 0 Å². The number of pyridine rings is 1. The molecule has 0 spiro atoms. The number of aromatic nitrogens is 1. The number of hydrogen-bond donors (Lipinski definition) is 2. The Hall–Kier alpha value is -2.98. The molecule has 3 aliphatic heterocycles. The molecule has 2 N–H and O–H groups in total. The van der Waals surface area contributed by atoms with Gasteiger partial charge in [0.15, 0.2) is 12.4 Å². The van der Waals surface area contributed by atoms with Crippen molar-refractivity contribution in [2.24, 2.45) is 17.8 Å². The van der Waals surface area contributed by atoms with Crippen molar-refractivity contribution in [3.63, 3.8) is 0 Å². The minimum absolute atomic E-state index is 0.141. The number of nitrogens with zero attached hydrogens (tertiary/aromatic N) is 3. The molecule has 1 aromatic rings. The Morgan fingerprint density at radius 3 is 2.36 bits per heavy atom. The van der Waals surface area contributed by atoms with E-state index in [-0.39, 0.29) is 43.4 Å². The van der Waals surface area contributed by atoms with Gasteiger partial charge in [0.1, 0.15) is 23.9 Å². The highest BCUT2D eigenvalue weighted by Crippen LogP contribution is 2.39. The number of carbonyl (C=O) groups is 3. The van der Waals surface area contributed by atoms with E-state index in [1.807, 2.05) is 46.7 Å². The van der Waals surface area contributed by atoms with Gasteiger partial charge in [-0.2, -0.15) is 0 Å². The number of likely N-dealkylation sites (N-methyl/N-ethyl adjacent to an activating group) is 1. The number of carbonyl (C=O) groups excluding carboxylic acids is 3. The molecule has 14 heteroatoms. The van der Waals surface area contributed by atoms with Crippen molar-refractivity contribution < 1.29 is 53.0 Å².